The van der Waals surface area contributed by atoms with Gasteiger partial charge in [-0.25, -0.2) is 4.79 Å². The number of esters is 2. The maximum absolute atomic E-state index is 13.5. The van der Waals surface area contributed by atoms with Crippen LogP contribution in [0.4, 0.5) is 0 Å². The van der Waals surface area contributed by atoms with Crippen molar-refractivity contribution in [3.8, 4) is 0 Å². The predicted octanol–water partition coefficient (Wildman–Crippen LogP) is 8.06. The number of hydrogen-bond acceptors (Lipinski definition) is 6. The number of carbonyl (C=O) groups is 3. The molecule has 0 saturated carbocycles. The van der Waals surface area contributed by atoms with Gasteiger partial charge in [0.25, 0.3) is 5.91 Å². The van der Waals surface area contributed by atoms with Gasteiger partial charge in [0, 0.05) is 12.0 Å². The fraction of sp³-hybridized carbons (Fsp3) is 0.750. The molecule has 1 heterocycles. The lowest BCUT2D eigenvalue weighted by molar-refractivity contribution is -0.190. The number of aliphatic hydroxyl groups excluding tert-OH is 1. The van der Waals surface area contributed by atoms with E-state index in [2.05, 4.69) is 19.2 Å². The van der Waals surface area contributed by atoms with Crippen LogP contribution in [-0.2, 0) is 25.7 Å². The van der Waals surface area contributed by atoms with Crippen molar-refractivity contribution < 1.29 is 29.0 Å². The predicted molar refractivity (Wildman–Crippen MR) is 172 cm³/mol. The summed E-state index contributed by atoms with van der Waals surface area (Å²) in [4.78, 5) is 38.8. The van der Waals surface area contributed by atoms with Crippen LogP contribution in [0, 0.1) is 11.8 Å². The van der Waals surface area contributed by atoms with E-state index in [1.54, 1.807) is 24.3 Å². The lowest BCUT2D eigenvalue weighted by atomic mass is 9.86. The fourth-order valence-corrected chi connectivity index (χ4v) is 5.81. The molecule has 7 heteroatoms. The number of cyclic esters (lactones) is 1. The average Bonchev–Trinajstić information content (AvgIpc) is 2.99. The second-order valence-corrected chi connectivity index (χ2v) is 12.9. The molecule has 3 unspecified atom stereocenters. The van der Waals surface area contributed by atoms with Crippen LogP contribution in [0.5, 0.6) is 0 Å². The van der Waals surface area contributed by atoms with Crippen molar-refractivity contribution >= 4 is 17.8 Å². The van der Waals surface area contributed by atoms with Crippen LogP contribution in [0.1, 0.15) is 153 Å². The maximum Gasteiger partial charge on any atom is 0.328 e. The summed E-state index contributed by atoms with van der Waals surface area (Å²) in [6, 6.07) is 5.92. The Labute approximate surface area is 260 Å². The van der Waals surface area contributed by atoms with Crippen molar-refractivity contribution in [2.75, 3.05) is 0 Å². The summed E-state index contributed by atoms with van der Waals surface area (Å²) in [6.07, 6.45) is 17.3. The Morgan fingerprint density at radius 3 is 2.02 bits per heavy atom. The molecule has 43 heavy (non-hydrogen) atoms. The van der Waals surface area contributed by atoms with E-state index < -0.39 is 12.0 Å². The second-order valence-electron chi connectivity index (χ2n) is 12.9. The Kier molecular flexibility index (Phi) is 18.2. The maximum atomic E-state index is 13.5. The van der Waals surface area contributed by atoms with E-state index in [9.17, 15) is 19.5 Å². The van der Waals surface area contributed by atoms with Crippen LogP contribution in [0.25, 0.3) is 0 Å². The molecule has 7 nitrogen and oxygen atoms in total. The molecular weight excluding hydrogens is 542 g/mol. The zero-order valence-corrected chi connectivity index (χ0v) is 27.4. The van der Waals surface area contributed by atoms with E-state index in [-0.39, 0.29) is 42.5 Å². The molecule has 1 amide bonds. The summed E-state index contributed by atoms with van der Waals surface area (Å²) in [5, 5.41) is 12.2. The van der Waals surface area contributed by atoms with E-state index in [1.165, 1.54) is 51.4 Å². The SMILES string of the molecule is CCCCCCCCCCCC(CC1OC(=O)C1CCCCCC)OC(=O)[C@H](CC(C)C)NC(=O)c1ccc(CO)cc1. The van der Waals surface area contributed by atoms with Crippen molar-refractivity contribution in [3.05, 3.63) is 35.4 Å². The number of hydrogen-bond donors (Lipinski definition) is 2. The number of unbranched alkanes of at least 4 members (excludes halogenated alkanes) is 11. The Morgan fingerprint density at radius 1 is 0.884 bits per heavy atom. The first-order valence-corrected chi connectivity index (χ1v) is 17.2. The molecule has 0 spiro atoms. The van der Waals surface area contributed by atoms with Gasteiger partial charge < -0.3 is 19.9 Å². The highest BCUT2D eigenvalue weighted by molar-refractivity contribution is 5.96. The summed E-state index contributed by atoms with van der Waals surface area (Å²) in [6.45, 7) is 8.34. The van der Waals surface area contributed by atoms with Gasteiger partial charge in [0.15, 0.2) is 0 Å². The largest absolute Gasteiger partial charge is 0.461 e. The van der Waals surface area contributed by atoms with E-state index in [4.69, 9.17) is 9.47 Å². The molecule has 1 aromatic carbocycles. The lowest BCUT2D eigenvalue weighted by Gasteiger charge is -2.37. The number of rotatable bonds is 24. The summed E-state index contributed by atoms with van der Waals surface area (Å²) >= 11 is 0. The summed E-state index contributed by atoms with van der Waals surface area (Å²) in [5.41, 5.74) is 1.15. The monoisotopic (exact) mass is 601 g/mol. The molecule has 0 aromatic heterocycles. The molecule has 1 fully saturated rings. The zero-order chi connectivity index (χ0) is 31.5. The molecule has 0 bridgehead atoms. The average molecular weight is 602 g/mol. The Balaban J connectivity index is 2.00. The van der Waals surface area contributed by atoms with Crippen LogP contribution < -0.4 is 5.32 Å². The van der Waals surface area contributed by atoms with Crippen molar-refractivity contribution in [1.29, 1.82) is 0 Å². The van der Waals surface area contributed by atoms with Gasteiger partial charge in [0.05, 0.1) is 12.5 Å². The van der Waals surface area contributed by atoms with Gasteiger partial charge in [-0.3, -0.25) is 9.59 Å². The first-order valence-electron chi connectivity index (χ1n) is 17.2. The number of amides is 1. The van der Waals surface area contributed by atoms with Crippen molar-refractivity contribution in [2.24, 2.45) is 11.8 Å². The van der Waals surface area contributed by atoms with Crippen LogP contribution >= 0.6 is 0 Å². The van der Waals surface area contributed by atoms with Gasteiger partial charge >= 0.3 is 11.9 Å². The third-order valence-electron chi connectivity index (χ3n) is 8.49. The first-order chi connectivity index (χ1) is 20.8. The molecule has 1 saturated heterocycles. The molecular formula is C36H59NO6. The fourth-order valence-electron chi connectivity index (χ4n) is 5.81. The Morgan fingerprint density at radius 2 is 1.47 bits per heavy atom. The van der Waals surface area contributed by atoms with Crippen molar-refractivity contribution in [1.82, 2.24) is 5.32 Å². The summed E-state index contributed by atoms with van der Waals surface area (Å²) < 4.78 is 11.7. The highest BCUT2D eigenvalue weighted by Gasteiger charge is 2.43. The topological polar surface area (TPSA) is 102 Å². The van der Waals surface area contributed by atoms with Gasteiger partial charge in [-0.15, -0.1) is 0 Å². The van der Waals surface area contributed by atoms with Gasteiger partial charge in [-0.05, 0) is 49.3 Å². The molecule has 2 N–H and O–H groups in total. The van der Waals surface area contributed by atoms with E-state index in [0.29, 0.717) is 18.4 Å². The van der Waals surface area contributed by atoms with Crippen LogP contribution in [0.15, 0.2) is 24.3 Å². The van der Waals surface area contributed by atoms with Gasteiger partial charge in [-0.1, -0.05) is 117 Å². The van der Waals surface area contributed by atoms with Crippen LogP contribution in [0.2, 0.25) is 0 Å². The lowest BCUT2D eigenvalue weighted by Crippen LogP contribution is -2.48. The van der Waals surface area contributed by atoms with Crippen LogP contribution in [-0.4, -0.2) is 41.2 Å². The number of nitrogens with one attached hydrogen (secondary N) is 1. The molecule has 1 aliphatic heterocycles. The third kappa shape index (κ3) is 14.3. The molecule has 244 valence electrons. The number of ether oxygens (including phenoxy) is 2. The standard InChI is InChI=1S/C36H59NO6/c1-5-7-9-11-12-13-14-15-16-18-30(25-33-31(35(40)43-33)19-17-10-8-6-2)42-36(41)32(24-27(3)4)37-34(39)29-22-20-28(26-38)21-23-29/h20-23,27,30-33,38H,5-19,24-26H2,1-4H3,(H,37,39)/t30?,31?,32-,33?/m0/s1. The number of carbonyl (C=O) groups excluding carboxylic acids is 3. The van der Waals surface area contributed by atoms with E-state index in [0.717, 1.165) is 50.5 Å². The minimum Gasteiger partial charge on any atom is -0.461 e. The van der Waals surface area contributed by atoms with Crippen molar-refractivity contribution in [2.45, 2.75) is 162 Å². The number of aliphatic hydroxyl groups is 1. The van der Waals surface area contributed by atoms with Crippen molar-refractivity contribution in [3.63, 3.8) is 0 Å². The van der Waals surface area contributed by atoms with Gasteiger partial charge in [0.2, 0.25) is 0 Å². The molecule has 2 rings (SSSR count). The highest BCUT2D eigenvalue weighted by atomic mass is 16.6. The zero-order valence-electron chi connectivity index (χ0n) is 27.4. The smallest absolute Gasteiger partial charge is 0.328 e. The van der Waals surface area contributed by atoms with Gasteiger partial charge in [0.1, 0.15) is 18.2 Å². The molecule has 1 aliphatic rings. The second kappa shape index (κ2) is 21.3. The molecule has 0 radical (unpaired) electrons. The van der Waals surface area contributed by atoms with Crippen LogP contribution in [0.3, 0.4) is 0 Å². The van der Waals surface area contributed by atoms with Gasteiger partial charge in [-0.2, -0.15) is 0 Å². The van der Waals surface area contributed by atoms with E-state index >= 15 is 0 Å². The molecule has 1 aromatic rings. The highest BCUT2D eigenvalue weighted by Crippen LogP contribution is 2.33. The number of benzene rings is 1. The minimum atomic E-state index is -0.774. The Hall–Kier alpha value is -2.41. The minimum absolute atomic E-state index is 0.0968. The Bertz CT molecular complexity index is 930. The normalized spacial score (nSPS) is 17.7. The third-order valence-corrected chi connectivity index (χ3v) is 8.49. The first kappa shape index (κ1) is 36.8. The quantitative estimate of drug-likeness (QED) is 0.0918. The van der Waals surface area contributed by atoms with E-state index in [1.807, 2.05) is 13.8 Å². The molecule has 0 aliphatic carbocycles. The summed E-state index contributed by atoms with van der Waals surface area (Å²) in [7, 11) is 0. The molecule has 4 atom stereocenters. The summed E-state index contributed by atoms with van der Waals surface area (Å²) in [5.74, 6) is -0.853.